The van der Waals surface area contributed by atoms with Crippen LogP contribution in [-0.2, 0) is 49.7 Å². The Balaban J connectivity index is 0.622. The second kappa shape index (κ2) is 33.4. The number of anilines is 6. The molecule has 20 rings (SSSR count). The topological polar surface area (TPSA) is 6.48 Å². The number of rotatable bonds is 17. The van der Waals surface area contributed by atoms with E-state index in [4.69, 9.17) is 0 Å². The maximum absolute atomic E-state index is 2.52. The average Bonchev–Trinajstić information content (AvgIpc) is 1.55. The van der Waals surface area contributed by atoms with Gasteiger partial charge < -0.3 is 9.80 Å². The van der Waals surface area contributed by atoms with Crippen molar-refractivity contribution in [3.8, 4) is 89.0 Å². The lowest BCUT2D eigenvalue weighted by Crippen LogP contribution is -2.24. The summed E-state index contributed by atoms with van der Waals surface area (Å²) < 4.78 is 0. The highest BCUT2D eigenvalue weighted by atomic mass is 15.2. The standard InChI is InChI=1S/C132H124N2/c1-125(2,3)94-65-73-104(74-66-94)133(102-69-58-87(59-70-102)91-62-77-110-109-42-23-27-51-116(109)132(19,119(110)82-91)96-40-21-20-22-41-96)120-54-29-25-44-112(120)114-50-34-39-90-37-32-47-108(123(90)114)93-80-100(129(13,14)15)84-101(81-93)130(16,17)85-86-56-63-97(64-57-86)131(18)117-52-28-24-45-115(117)124-106(48-35-53-118(124)131)88-60-71-103(72-61-88)134(105-75-67-95(68-76-105)126(4,5)6)121-55-30-26-43-111(121)113-49-33-38-89-36-31-46-107(122(89)113)92-78-98(127(7,8)9)83-99(79-92)128(10,11)12/h20-84H,85H2,1-19H3. The van der Waals surface area contributed by atoms with E-state index in [9.17, 15) is 0 Å². The lowest BCUT2D eigenvalue weighted by atomic mass is 9.72. The van der Waals surface area contributed by atoms with Gasteiger partial charge in [-0.15, -0.1) is 0 Å². The highest BCUT2D eigenvalue weighted by Gasteiger charge is 2.44. The summed E-state index contributed by atoms with van der Waals surface area (Å²) in [5.41, 5.74) is 42.2. The van der Waals surface area contributed by atoms with Crippen LogP contribution in [-0.4, -0.2) is 0 Å². The van der Waals surface area contributed by atoms with Gasteiger partial charge in [-0.1, -0.05) is 445 Å². The third-order valence-corrected chi connectivity index (χ3v) is 29.6. The van der Waals surface area contributed by atoms with E-state index in [1.54, 1.807) is 0 Å². The van der Waals surface area contributed by atoms with Crippen LogP contribution in [0.3, 0.4) is 0 Å². The first kappa shape index (κ1) is 88.0. The predicted molar refractivity (Wildman–Crippen MR) is 575 cm³/mol. The van der Waals surface area contributed by atoms with Crippen LogP contribution >= 0.6 is 0 Å². The van der Waals surface area contributed by atoms with Gasteiger partial charge in [-0.25, -0.2) is 0 Å². The second-order valence-electron chi connectivity index (χ2n) is 44.1. The normalized spacial score (nSPS) is 14.9. The molecule has 0 heterocycles. The third kappa shape index (κ3) is 15.8. The molecule has 0 spiro atoms. The van der Waals surface area contributed by atoms with Crippen molar-refractivity contribution in [3.63, 3.8) is 0 Å². The first-order valence-corrected chi connectivity index (χ1v) is 48.3. The minimum absolute atomic E-state index is 0.0139. The molecule has 0 fully saturated rings. The van der Waals surface area contributed by atoms with E-state index in [1.807, 2.05) is 0 Å². The van der Waals surface area contributed by atoms with Gasteiger partial charge in [-0.2, -0.15) is 0 Å². The number of fused-ring (bicyclic) bond motifs is 8. The van der Waals surface area contributed by atoms with Gasteiger partial charge in [0, 0.05) is 44.7 Å². The Kier molecular flexibility index (Phi) is 21.9. The molecule has 0 aromatic heterocycles. The lowest BCUT2D eigenvalue weighted by Gasteiger charge is -2.31. The number of para-hydroxylation sites is 2. The zero-order valence-corrected chi connectivity index (χ0v) is 81.6. The maximum Gasteiger partial charge on any atom is 0.0540 e. The van der Waals surface area contributed by atoms with Crippen molar-refractivity contribution in [2.24, 2.45) is 0 Å². The van der Waals surface area contributed by atoms with Crippen molar-refractivity contribution in [2.45, 2.75) is 181 Å². The fourth-order valence-electron chi connectivity index (χ4n) is 21.7. The molecule has 2 aliphatic rings. The van der Waals surface area contributed by atoms with Gasteiger partial charge in [0.25, 0.3) is 0 Å². The van der Waals surface area contributed by atoms with Gasteiger partial charge in [0.15, 0.2) is 0 Å². The summed E-state index contributed by atoms with van der Waals surface area (Å²) in [6.45, 7) is 44.7. The van der Waals surface area contributed by atoms with Crippen LogP contribution in [0.5, 0.6) is 0 Å². The third-order valence-electron chi connectivity index (χ3n) is 29.6. The molecular formula is C132H124N2. The van der Waals surface area contributed by atoms with Crippen molar-refractivity contribution in [1.29, 1.82) is 0 Å². The Hall–Kier alpha value is -13.9. The number of nitrogens with zero attached hydrogens (tertiary/aromatic N) is 2. The van der Waals surface area contributed by atoms with Crippen LogP contribution in [0.4, 0.5) is 34.1 Å². The van der Waals surface area contributed by atoms with Gasteiger partial charge >= 0.3 is 0 Å². The van der Waals surface area contributed by atoms with Gasteiger partial charge in [0.05, 0.1) is 11.4 Å². The minimum atomic E-state index is -0.429. The largest absolute Gasteiger partial charge is 0.310 e. The summed E-state index contributed by atoms with van der Waals surface area (Å²) in [7, 11) is 0. The highest BCUT2D eigenvalue weighted by molar-refractivity contribution is 6.11. The molecule has 2 unspecified atom stereocenters. The summed E-state index contributed by atoms with van der Waals surface area (Å²) in [5, 5.41) is 4.91. The molecule has 2 heteroatoms. The Morgan fingerprint density at radius 1 is 0.209 bits per heavy atom. The van der Waals surface area contributed by atoms with Crippen LogP contribution in [0.1, 0.15) is 204 Å². The number of benzene rings is 18. The van der Waals surface area contributed by atoms with E-state index in [2.05, 4.69) is 536 Å². The fraction of sp³-hybridized carbons (Fsp3) is 0.212. The minimum Gasteiger partial charge on any atom is -0.310 e. The van der Waals surface area contributed by atoms with Crippen molar-refractivity contribution >= 4 is 55.7 Å². The van der Waals surface area contributed by atoms with Crippen molar-refractivity contribution in [2.75, 3.05) is 9.80 Å². The second-order valence-corrected chi connectivity index (χ2v) is 44.1. The smallest absolute Gasteiger partial charge is 0.0540 e. The monoisotopic (exact) mass is 1740 g/mol. The molecule has 0 bridgehead atoms. The Bertz CT molecular complexity index is 7490. The summed E-state index contributed by atoms with van der Waals surface area (Å²) in [4.78, 5) is 4.96. The zero-order valence-electron chi connectivity index (χ0n) is 81.6. The summed E-state index contributed by atoms with van der Waals surface area (Å²) >= 11 is 0. The SMILES string of the molecule is CC(C)(C)c1ccc(N(c2ccc(-c3cccc4c3-c3ccccc3C4(C)c3ccc(CC(C)(C)c4cc(-c5cccc6cccc(-c7ccccc7N(c7ccc(-c8ccc9c(c8)C(C)(c8ccccc8)c8ccccc8-9)cc7)c7ccc(C(C)(C)C)cc7)c56)cc(C(C)(C)C)c4)cc3)cc2)c2ccccc2-c2cccc3cccc(-c4cc(C(C)(C)C)cc(C(C)(C)C)c4)c23)cc1. The Labute approximate surface area is 796 Å². The molecule has 0 N–H and O–H groups in total. The molecule has 18 aromatic carbocycles. The maximum atomic E-state index is 2.52. The van der Waals surface area contributed by atoms with Crippen LogP contribution in [0.2, 0.25) is 0 Å². The lowest BCUT2D eigenvalue weighted by molar-refractivity contribution is 0.517. The van der Waals surface area contributed by atoms with Gasteiger partial charge in [0.1, 0.15) is 0 Å². The fourth-order valence-corrected chi connectivity index (χ4v) is 21.7. The predicted octanol–water partition coefficient (Wildman–Crippen LogP) is 36.6. The first-order valence-electron chi connectivity index (χ1n) is 48.3. The molecule has 2 nitrogen and oxygen atoms in total. The van der Waals surface area contributed by atoms with Crippen molar-refractivity contribution in [1.82, 2.24) is 0 Å². The molecule has 2 atom stereocenters. The average molecular weight is 1740 g/mol. The molecule has 134 heavy (non-hydrogen) atoms. The van der Waals surface area contributed by atoms with Gasteiger partial charge in [-0.05, 0) is 291 Å². The van der Waals surface area contributed by atoms with Crippen LogP contribution in [0, 0.1) is 0 Å². The molecule has 2 aliphatic carbocycles. The number of hydrogen-bond acceptors (Lipinski definition) is 2. The molecule has 0 aliphatic heterocycles. The molecule has 0 saturated carbocycles. The van der Waals surface area contributed by atoms with Crippen LogP contribution in [0.15, 0.2) is 394 Å². The molecule has 0 amide bonds. The van der Waals surface area contributed by atoms with Crippen molar-refractivity contribution < 1.29 is 0 Å². The van der Waals surface area contributed by atoms with E-state index in [-0.39, 0.29) is 37.9 Å². The molecular weight excluding hydrogens is 1610 g/mol. The Morgan fingerprint density at radius 3 is 1.01 bits per heavy atom. The zero-order chi connectivity index (χ0) is 93.3. The number of hydrogen-bond donors (Lipinski definition) is 0. The molecule has 662 valence electrons. The summed E-state index contributed by atoms with van der Waals surface area (Å²) in [6, 6.07) is 151. The van der Waals surface area contributed by atoms with E-state index in [0.29, 0.717) is 0 Å². The summed E-state index contributed by atoms with van der Waals surface area (Å²) in [6.07, 6.45) is 0.850. The van der Waals surface area contributed by atoms with Crippen molar-refractivity contribution in [3.05, 3.63) is 467 Å². The molecule has 0 saturated heterocycles. The van der Waals surface area contributed by atoms with Crippen LogP contribution < -0.4 is 9.80 Å². The van der Waals surface area contributed by atoms with E-state index in [0.717, 1.165) is 46.1 Å². The van der Waals surface area contributed by atoms with Gasteiger partial charge in [-0.3, -0.25) is 0 Å². The first-order chi connectivity index (χ1) is 64.1. The van der Waals surface area contributed by atoms with Gasteiger partial charge in [0.2, 0.25) is 0 Å². The van der Waals surface area contributed by atoms with E-state index < -0.39 is 5.41 Å². The molecule has 0 radical (unpaired) electrons. The quantitative estimate of drug-likeness (QED) is 0.0896. The van der Waals surface area contributed by atoms with Crippen LogP contribution in [0.25, 0.3) is 111 Å². The highest BCUT2D eigenvalue weighted by Crippen LogP contribution is 2.58. The molecule has 18 aromatic rings. The Morgan fingerprint density at radius 2 is 0.545 bits per heavy atom. The van der Waals surface area contributed by atoms with E-state index >= 15 is 0 Å². The van der Waals surface area contributed by atoms with E-state index in [1.165, 1.54) is 177 Å². The summed E-state index contributed by atoms with van der Waals surface area (Å²) in [5.74, 6) is 0.